The van der Waals surface area contributed by atoms with Crippen LogP contribution in [0.4, 0.5) is 0 Å². The van der Waals surface area contributed by atoms with Crippen molar-refractivity contribution in [1.82, 2.24) is 9.55 Å². The molecule has 0 aliphatic heterocycles. The summed E-state index contributed by atoms with van der Waals surface area (Å²) in [5.41, 5.74) is 1.79. The molecule has 0 saturated carbocycles. The van der Waals surface area contributed by atoms with Crippen LogP contribution in [0.2, 0.25) is 15.1 Å². The molecule has 0 spiro atoms. The molecule has 1 heterocycles. The third kappa shape index (κ3) is 6.01. The van der Waals surface area contributed by atoms with Gasteiger partial charge in [0.25, 0.3) is 0 Å². The van der Waals surface area contributed by atoms with Gasteiger partial charge in [0.15, 0.2) is 0 Å². The van der Waals surface area contributed by atoms with E-state index in [4.69, 9.17) is 44.3 Å². The molecule has 140 valence electrons. The number of hydrogen-bond donors (Lipinski definition) is 0. The Kier molecular flexibility index (Phi) is 7.18. The van der Waals surface area contributed by atoms with E-state index in [-0.39, 0.29) is 0 Å². The fourth-order valence-electron chi connectivity index (χ4n) is 2.34. The zero-order chi connectivity index (χ0) is 19.1. The molecular weight excluding hydrogens is 407 g/mol. The highest BCUT2D eigenvalue weighted by Gasteiger charge is 2.09. The molecule has 0 atom stereocenters. The predicted octanol–water partition coefficient (Wildman–Crippen LogP) is 6.03. The van der Waals surface area contributed by atoms with Crippen LogP contribution in [0, 0.1) is 0 Å². The molecule has 0 amide bonds. The van der Waals surface area contributed by atoms with E-state index in [1.807, 2.05) is 36.5 Å². The van der Waals surface area contributed by atoms with Crippen LogP contribution in [0.5, 0.6) is 0 Å². The summed E-state index contributed by atoms with van der Waals surface area (Å²) in [6.07, 6.45) is 6.97. The number of hydrogen-bond acceptors (Lipinski definition) is 3. The number of rotatable bonds is 8. The van der Waals surface area contributed by atoms with Gasteiger partial charge in [-0.3, -0.25) is 0 Å². The van der Waals surface area contributed by atoms with E-state index in [1.54, 1.807) is 35.4 Å². The van der Waals surface area contributed by atoms with Crippen molar-refractivity contribution in [3.8, 4) is 0 Å². The van der Waals surface area contributed by atoms with E-state index < -0.39 is 0 Å². The minimum atomic E-state index is 0.368. The minimum Gasteiger partial charge on any atom is -0.489 e. The molecule has 7 heteroatoms. The summed E-state index contributed by atoms with van der Waals surface area (Å²) in [7, 11) is 0. The second-order valence-corrected chi connectivity index (χ2v) is 6.94. The van der Waals surface area contributed by atoms with Crippen molar-refractivity contribution in [3.63, 3.8) is 0 Å². The third-order valence-corrected chi connectivity index (χ3v) is 4.45. The Morgan fingerprint density at radius 2 is 1.78 bits per heavy atom. The second kappa shape index (κ2) is 9.81. The molecular formula is C20H17Cl3N2O2. The van der Waals surface area contributed by atoms with Gasteiger partial charge in [0.05, 0.1) is 30.8 Å². The summed E-state index contributed by atoms with van der Waals surface area (Å²) in [6, 6.07) is 12.8. The van der Waals surface area contributed by atoms with E-state index >= 15 is 0 Å². The maximum atomic E-state index is 6.33. The molecule has 0 bridgehead atoms. The SMILES string of the molecule is Clc1ccc(COCCO/C(=C/n2ccnc2)c2ccc(Cl)cc2Cl)cc1. The van der Waals surface area contributed by atoms with Crippen molar-refractivity contribution in [2.75, 3.05) is 13.2 Å². The Morgan fingerprint density at radius 3 is 2.48 bits per heavy atom. The second-order valence-electron chi connectivity index (χ2n) is 5.65. The average Bonchev–Trinajstić information content (AvgIpc) is 3.15. The number of nitrogens with zero attached hydrogens (tertiary/aromatic N) is 2. The van der Waals surface area contributed by atoms with Crippen molar-refractivity contribution in [3.05, 3.63) is 87.4 Å². The van der Waals surface area contributed by atoms with Crippen LogP contribution in [-0.4, -0.2) is 22.8 Å². The van der Waals surface area contributed by atoms with E-state index in [1.165, 1.54) is 0 Å². The van der Waals surface area contributed by atoms with Crippen molar-refractivity contribution in [1.29, 1.82) is 0 Å². The van der Waals surface area contributed by atoms with Crippen molar-refractivity contribution in [2.24, 2.45) is 0 Å². The summed E-state index contributed by atoms with van der Waals surface area (Å²) < 4.78 is 13.4. The van der Waals surface area contributed by atoms with E-state index in [2.05, 4.69) is 4.98 Å². The molecule has 2 aromatic carbocycles. The highest BCUT2D eigenvalue weighted by atomic mass is 35.5. The largest absolute Gasteiger partial charge is 0.489 e. The molecule has 1 aromatic heterocycles. The monoisotopic (exact) mass is 422 g/mol. The minimum absolute atomic E-state index is 0.368. The molecule has 3 rings (SSSR count). The molecule has 0 fully saturated rings. The topological polar surface area (TPSA) is 36.3 Å². The summed E-state index contributed by atoms with van der Waals surface area (Å²) in [5, 5.41) is 1.78. The number of halogens is 3. The van der Waals surface area contributed by atoms with E-state index in [9.17, 15) is 0 Å². The lowest BCUT2D eigenvalue weighted by atomic mass is 10.2. The molecule has 4 nitrogen and oxygen atoms in total. The third-order valence-electron chi connectivity index (χ3n) is 3.66. The Morgan fingerprint density at radius 1 is 1.00 bits per heavy atom. The van der Waals surface area contributed by atoms with E-state index in [0.29, 0.717) is 40.6 Å². The van der Waals surface area contributed by atoms with Crippen LogP contribution in [0.25, 0.3) is 12.0 Å². The van der Waals surface area contributed by atoms with Crippen LogP contribution >= 0.6 is 34.8 Å². The highest BCUT2D eigenvalue weighted by Crippen LogP contribution is 2.28. The molecule has 27 heavy (non-hydrogen) atoms. The van der Waals surface area contributed by atoms with Crippen LogP contribution in [0.1, 0.15) is 11.1 Å². The molecule has 0 aliphatic rings. The Bertz CT molecular complexity index is 894. The summed E-state index contributed by atoms with van der Waals surface area (Å²) in [4.78, 5) is 4.03. The Hall–Kier alpha value is -1.98. The van der Waals surface area contributed by atoms with Gasteiger partial charge in [-0.25, -0.2) is 4.98 Å². The van der Waals surface area contributed by atoms with Gasteiger partial charge < -0.3 is 14.0 Å². The van der Waals surface area contributed by atoms with Gasteiger partial charge in [0, 0.05) is 28.0 Å². The fraction of sp³-hybridized carbons (Fsp3) is 0.150. The maximum absolute atomic E-state index is 6.33. The molecule has 0 radical (unpaired) electrons. The molecule has 3 aromatic rings. The lowest BCUT2D eigenvalue weighted by Gasteiger charge is -2.13. The van der Waals surface area contributed by atoms with Gasteiger partial charge in [-0.15, -0.1) is 0 Å². The van der Waals surface area contributed by atoms with Crippen molar-refractivity contribution >= 4 is 46.8 Å². The van der Waals surface area contributed by atoms with Crippen molar-refractivity contribution in [2.45, 2.75) is 6.61 Å². The Labute approximate surface area is 172 Å². The first-order valence-electron chi connectivity index (χ1n) is 8.21. The smallest absolute Gasteiger partial charge is 0.144 e. The maximum Gasteiger partial charge on any atom is 0.144 e. The number of benzene rings is 2. The zero-order valence-corrected chi connectivity index (χ0v) is 16.6. The molecule has 0 saturated heterocycles. The number of imidazole rings is 1. The van der Waals surface area contributed by atoms with Gasteiger partial charge in [0.1, 0.15) is 12.4 Å². The average molecular weight is 424 g/mol. The predicted molar refractivity (Wildman–Crippen MR) is 110 cm³/mol. The lowest BCUT2D eigenvalue weighted by Crippen LogP contribution is -2.05. The van der Waals surface area contributed by atoms with Gasteiger partial charge in [-0.2, -0.15) is 0 Å². The fourth-order valence-corrected chi connectivity index (χ4v) is 2.96. The van der Waals surface area contributed by atoms with Crippen LogP contribution in [0.15, 0.2) is 61.2 Å². The van der Waals surface area contributed by atoms with Crippen LogP contribution in [0.3, 0.4) is 0 Å². The van der Waals surface area contributed by atoms with Gasteiger partial charge in [0.2, 0.25) is 0 Å². The highest BCUT2D eigenvalue weighted by molar-refractivity contribution is 6.35. The van der Waals surface area contributed by atoms with Crippen LogP contribution < -0.4 is 0 Å². The summed E-state index contributed by atoms with van der Waals surface area (Å²) >= 11 is 18.2. The summed E-state index contributed by atoms with van der Waals surface area (Å²) in [6.45, 7) is 1.28. The molecule has 0 N–H and O–H groups in total. The quantitative estimate of drug-likeness (QED) is 0.328. The summed E-state index contributed by atoms with van der Waals surface area (Å²) in [5.74, 6) is 0.602. The first-order chi connectivity index (χ1) is 13.1. The normalized spacial score (nSPS) is 11.6. The Balaban J connectivity index is 1.61. The molecule has 0 aliphatic carbocycles. The molecule has 0 unspecified atom stereocenters. The number of aromatic nitrogens is 2. The standard InChI is InChI=1S/C20H17Cl3N2O2/c21-16-3-1-15(2-4-16)13-26-9-10-27-20(12-25-8-7-24-14-25)18-6-5-17(22)11-19(18)23/h1-8,11-12,14H,9-10,13H2/b20-12+. The lowest BCUT2D eigenvalue weighted by molar-refractivity contribution is 0.0809. The number of ether oxygens (including phenoxy) is 2. The van der Waals surface area contributed by atoms with Gasteiger partial charge >= 0.3 is 0 Å². The van der Waals surface area contributed by atoms with Gasteiger partial charge in [-0.1, -0.05) is 46.9 Å². The van der Waals surface area contributed by atoms with Crippen molar-refractivity contribution < 1.29 is 9.47 Å². The zero-order valence-electron chi connectivity index (χ0n) is 14.3. The van der Waals surface area contributed by atoms with Gasteiger partial charge in [-0.05, 0) is 35.9 Å². The van der Waals surface area contributed by atoms with E-state index in [0.717, 1.165) is 11.1 Å². The van der Waals surface area contributed by atoms with Crippen LogP contribution in [-0.2, 0) is 16.1 Å². The first kappa shape index (κ1) is 19.8. The first-order valence-corrected chi connectivity index (χ1v) is 9.35.